The average Bonchev–Trinajstić information content (AvgIpc) is 2.09. The van der Waals surface area contributed by atoms with Gasteiger partial charge in [-0.3, -0.25) is 0 Å². The van der Waals surface area contributed by atoms with E-state index in [1.165, 1.54) is 0 Å². The first-order valence-electron chi connectivity index (χ1n) is 2.99. The Bertz CT molecular complexity index is 374. The lowest BCUT2D eigenvalue weighted by Crippen LogP contribution is -1.88. The highest BCUT2D eigenvalue weighted by Gasteiger charge is 2.16. The van der Waals surface area contributed by atoms with Crippen LogP contribution in [-0.4, -0.2) is 5.11 Å². The van der Waals surface area contributed by atoms with E-state index >= 15 is 0 Å². The second kappa shape index (κ2) is 3.24. The largest absolute Gasteiger partial charge is 0.504 e. The molecule has 13 heavy (non-hydrogen) atoms. The fraction of sp³-hybridized carbons (Fsp3) is 0. The summed E-state index contributed by atoms with van der Waals surface area (Å²) in [5.74, 6) is -5.72. The number of phenols is 1. The second-order valence-electron chi connectivity index (χ2n) is 2.04. The van der Waals surface area contributed by atoms with Gasteiger partial charge in [-0.15, -0.1) is 0 Å². The molecule has 0 spiro atoms. The van der Waals surface area contributed by atoms with E-state index in [0.717, 1.165) is 0 Å². The Labute approximate surface area is 69.9 Å². The fourth-order valence-electron chi connectivity index (χ4n) is 0.709. The van der Waals surface area contributed by atoms with Crippen molar-refractivity contribution in [2.75, 3.05) is 0 Å². The van der Waals surface area contributed by atoms with Crippen LogP contribution in [0.3, 0.4) is 0 Å². The molecule has 0 aliphatic rings. The van der Waals surface area contributed by atoms with Crippen LogP contribution in [0.15, 0.2) is 11.2 Å². The highest BCUT2D eigenvalue weighted by Crippen LogP contribution is 2.33. The van der Waals surface area contributed by atoms with E-state index in [9.17, 15) is 13.2 Å². The van der Waals surface area contributed by atoms with Crippen molar-refractivity contribution in [2.24, 2.45) is 5.11 Å². The van der Waals surface area contributed by atoms with Crippen LogP contribution in [0.1, 0.15) is 0 Å². The van der Waals surface area contributed by atoms with Crippen molar-refractivity contribution < 1.29 is 18.3 Å². The van der Waals surface area contributed by atoms with Crippen molar-refractivity contribution in [3.05, 3.63) is 34.0 Å². The van der Waals surface area contributed by atoms with Gasteiger partial charge in [-0.1, -0.05) is 5.11 Å². The molecule has 1 aromatic rings. The average molecular weight is 189 g/mol. The first-order valence-corrected chi connectivity index (χ1v) is 2.99. The Morgan fingerprint density at radius 2 is 1.92 bits per heavy atom. The van der Waals surface area contributed by atoms with Gasteiger partial charge in [-0.05, 0) is 5.53 Å². The van der Waals surface area contributed by atoms with Crippen molar-refractivity contribution in [1.82, 2.24) is 0 Å². The van der Waals surface area contributed by atoms with Gasteiger partial charge >= 0.3 is 0 Å². The normalized spacial score (nSPS) is 9.46. The van der Waals surface area contributed by atoms with E-state index in [1.54, 1.807) is 0 Å². The molecule has 0 saturated carbocycles. The minimum atomic E-state index is -1.59. The monoisotopic (exact) mass is 189 g/mol. The molecule has 0 aromatic heterocycles. The minimum Gasteiger partial charge on any atom is -0.504 e. The van der Waals surface area contributed by atoms with Gasteiger partial charge in [-0.2, -0.15) is 0 Å². The summed E-state index contributed by atoms with van der Waals surface area (Å²) in [6.45, 7) is 0. The van der Waals surface area contributed by atoms with Gasteiger partial charge in [0.2, 0.25) is 0 Å². The number of hydrogen-bond donors (Lipinski definition) is 1. The first-order chi connectivity index (χ1) is 6.07. The van der Waals surface area contributed by atoms with Crippen LogP contribution in [0.2, 0.25) is 0 Å². The molecule has 1 rings (SSSR count). The third kappa shape index (κ3) is 1.50. The maximum Gasteiger partial charge on any atom is 0.172 e. The lowest BCUT2D eigenvalue weighted by atomic mass is 10.2. The Kier molecular flexibility index (Phi) is 2.29. The van der Waals surface area contributed by atoms with Crippen LogP contribution in [0.4, 0.5) is 18.9 Å². The lowest BCUT2D eigenvalue weighted by Gasteiger charge is -2.01. The van der Waals surface area contributed by atoms with Crippen LogP contribution in [0, 0.1) is 17.5 Å². The summed E-state index contributed by atoms with van der Waals surface area (Å²) in [6.07, 6.45) is 0. The second-order valence-corrected chi connectivity index (χ2v) is 2.04. The maximum absolute atomic E-state index is 12.7. The van der Waals surface area contributed by atoms with E-state index in [-0.39, 0.29) is 6.07 Å². The number of hydrogen-bond acceptors (Lipinski definition) is 2. The predicted molar refractivity (Wildman–Crippen MR) is 36.8 cm³/mol. The highest BCUT2D eigenvalue weighted by atomic mass is 19.2. The number of halogens is 3. The number of aromatic hydroxyl groups is 1. The number of rotatable bonds is 1. The maximum atomic E-state index is 12.7. The van der Waals surface area contributed by atoms with Gasteiger partial charge in [0.1, 0.15) is 5.69 Å². The molecular weight excluding hydrogens is 187 g/mol. The zero-order chi connectivity index (χ0) is 10.0. The molecule has 0 unspecified atom stereocenters. The molecule has 1 N–H and O–H groups in total. The Morgan fingerprint density at radius 1 is 1.31 bits per heavy atom. The molecule has 7 heteroatoms. The fourth-order valence-corrected chi connectivity index (χ4v) is 0.709. The molecule has 0 fully saturated rings. The molecule has 0 amide bonds. The van der Waals surface area contributed by atoms with Gasteiger partial charge < -0.3 is 5.11 Å². The number of benzene rings is 1. The van der Waals surface area contributed by atoms with Crippen molar-refractivity contribution in [1.29, 1.82) is 0 Å². The van der Waals surface area contributed by atoms with Gasteiger partial charge in [0.05, 0.1) is 0 Å². The zero-order valence-corrected chi connectivity index (χ0v) is 6.00. The van der Waals surface area contributed by atoms with Crippen LogP contribution in [0.25, 0.3) is 10.4 Å². The Hall–Kier alpha value is -1.88. The summed E-state index contributed by atoms with van der Waals surface area (Å²) >= 11 is 0. The van der Waals surface area contributed by atoms with Crippen LogP contribution < -0.4 is 0 Å². The molecule has 68 valence electrons. The van der Waals surface area contributed by atoms with Gasteiger partial charge in [0.25, 0.3) is 0 Å². The van der Waals surface area contributed by atoms with Crippen molar-refractivity contribution in [2.45, 2.75) is 0 Å². The molecule has 0 aliphatic heterocycles. The smallest absolute Gasteiger partial charge is 0.172 e. The molecule has 0 bridgehead atoms. The van der Waals surface area contributed by atoms with Crippen molar-refractivity contribution >= 4 is 5.69 Å². The van der Waals surface area contributed by atoms with E-state index in [0.29, 0.717) is 0 Å². The van der Waals surface area contributed by atoms with Gasteiger partial charge in [0, 0.05) is 11.0 Å². The van der Waals surface area contributed by atoms with Gasteiger partial charge in [-0.25, -0.2) is 13.2 Å². The standard InChI is InChI=1S/C6H2F3N3O/c7-2-1-3(8)6(13)5(4(2)9)11-12-10/h1,13H. The van der Waals surface area contributed by atoms with E-state index in [2.05, 4.69) is 10.0 Å². The third-order valence-electron chi connectivity index (χ3n) is 1.27. The lowest BCUT2D eigenvalue weighted by molar-refractivity contribution is 0.416. The first kappa shape index (κ1) is 9.21. The number of phenolic OH excluding ortho intramolecular Hbond substituents is 1. The summed E-state index contributed by atoms with van der Waals surface area (Å²) < 4.78 is 37.6. The SMILES string of the molecule is [N-]=[N+]=Nc1c(O)c(F)cc(F)c1F. The van der Waals surface area contributed by atoms with Crippen LogP contribution in [-0.2, 0) is 0 Å². The summed E-state index contributed by atoms with van der Waals surface area (Å²) in [7, 11) is 0. The summed E-state index contributed by atoms with van der Waals surface area (Å²) in [5.41, 5.74) is 6.80. The summed E-state index contributed by atoms with van der Waals surface area (Å²) in [5, 5.41) is 11.4. The van der Waals surface area contributed by atoms with E-state index in [4.69, 9.17) is 10.6 Å². The molecule has 0 heterocycles. The third-order valence-corrected chi connectivity index (χ3v) is 1.27. The minimum absolute atomic E-state index is 0.154. The van der Waals surface area contributed by atoms with Crippen LogP contribution in [0.5, 0.6) is 5.75 Å². The predicted octanol–water partition coefficient (Wildman–Crippen LogP) is 2.75. The van der Waals surface area contributed by atoms with Crippen molar-refractivity contribution in [3.63, 3.8) is 0 Å². The molecule has 0 saturated heterocycles. The molecule has 0 atom stereocenters. The zero-order valence-electron chi connectivity index (χ0n) is 6.00. The Morgan fingerprint density at radius 3 is 2.46 bits per heavy atom. The Balaban J connectivity index is 3.55. The summed E-state index contributed by atoms with van der Waals surface area (Å²) in [4.78, 5) is 2.10. The number of azide groups is 1. The molecule has 0 radical (unpaired) electrons. The quantitative estimate of drug-likeness (QED) is 0.313. The van der Waals surface area contributed by atoms with Crippen LogP contribution >= 0.6 is 0 Å². The molecular formula is C6H2F3N3O. The van der Waals surface area contributed by atoms with Gasteiger partial charge in [0.15, 0.2) is 23.2 Å². The van der Waals surface area contributed by atoms with Crippen molar-refractivity contribution in [3.8, 4) is 5.75 Å². The molecule has 0 aliphatic carbocycles. The topological polar surface area (TPSA) is 69.0 Å². The molecule has 1 aromatic carbocycles. The summed E-state index contributed by atoms with van der Waals surface area (Å²) in [6, 6.07) is 0.154. The van der Waals surface area contributed by atoms with E-state index in [1.807, 2.05) is 0 Å². The van der Waals surface area contributed by atoms with E-state index < -0.39 is 28.9 Å². The highest BCUT2D eigenvalue weighted by molar-refractivity contribution is 5.52. The molecule has 4 nitrogen and oxygen atoms in total. The number of nitrogens with zero attached hydrogens (tertiary/aromatic N) is 3.